The lowest BCUT2D eigenvalue weighted by Gasteiger charge is -2.27. The fourth-order valence-electron chi connectivity index (χ4n) is 2.63. The summed E-state index contributed by atoms with van der Waals surface area (Å²) < 4.78 is 5.90. The zero-order chi connectivity index (χ0) is 19.7. The number of benzene rings is 2. The molecule has 0 bridgehead atoms. The van der Waals surface area contributed by atoms with E-state index in [0.29, 0.717) is 5.75 Å². The smallest absolute Gasteiger partial charge is 0.335 e. The summed E-state index contributed by atoms with van der Waals surface area (Å²) >= 11 is 0. The van der Waals surface area contributed by atoms with Crippen LogP contribution in [0.1, 0.15) is 68.6 Å². The van der Waals surface area contributed by atoms with Gasteiger partial charge in [0.1, 0.15) is 6.61 Å². The number of aromatic hydroxyl groups is 1. The highest BCUT2D eigenvalue weighted by Crippen LogP contribution is 2.41. The third-order valence-electron chi connectivity index (χ3n) is 4.34. The third kappa shape index (κ3) is 4.57. The lowest BCUT2D eigenvalue weighted by Crippen LogP contribution is -2.17. The summed E-state index contributed by atoms with van der Waals surface area (Å²) in [7, 11) is 0. The molecule has 0 aromatic heterocycles. The van der Waals surface area contributed by atoms with Crippen LogP contribution in [0.2, 0.25) is 0 Å². The second kappa shape index (κ2) is 7.02. The minimum absolute atomic E-state index is 0.0745. The monoisotopic (exact) mass is 356 g/mol. The number of phenols is 1. The van der Waals surface area contributed by atoms with Gasteiger partial charge < -0.3 is 14.9 Å². The van der Waals surface area contributed by atoms with E-state index >= 15 is 0 Å². The largest absolute Gasteiger partial charge is 0.504 e. The molecule has 26 heavy (non-hydrogen) atoms. The second-order valence-electron chi connectivity index (χ2n) is 8.66. The van der Waals surface area contributed by atoms with Crippen molar-refractivity contribution in [3.05, 3.63) is 58.7 Å². The van der Waals surface area contributed by atoms with Gasteiger partial charge in [0, 0.05) is 5.56 Å². The predicted octanol–water partition coefficient (Wildman–Crippen LogP) is 5.26. The second-order valence-corrected chi connectivity index (χ2v) is 8.66. The number of carbonyl (C=O) groups is 1. The molecule has 140 valence electrons. The van der Waals surface area contributed by atoms with Crippen molar-refractivity contribution in [2.75, 3.05) is 0 Å². The Morgan fingerprint density at radius 2 is 1.54 bits per heavy atom. The standard InChI is InChI=1S/C22H28O4/c1-21(2,3)16-11-17(22(4,5)6)19(23)18(12-16)26-13-14-7-9-15(10-8-14)20(24)25/h7-12,23H,13H2,1-6H3,(H,24,25). The van der Waals surface area contributed by atoms with Crippen LogP contribution in [-0.4, -0.2) is 16.2 Å². The van der Waals surface area contributed by atoms with Crippen molar-refractivity contribution in [1.82, 2.24) is 0 Å². The van der Waals surface area contributed by atoms with Crippen molar-refractivity contribution in [1.29, 1.82) is 0 Å². The van der Waals surface area contributed by atoms with E-state index in [9.17, 15) is 9.90 Å². The van der Waals surface area contributed by atoms with Gasteiger partial charge in [0.25, 0.3) is 0 Å². The lowest BCUT2D eigenvalue weighted by molar-refractivity contribution is 0.0697. The van der Waals surface area contributed by atoms with Crippen LogP contribution in [0.4, 0.5) is 0 Å². The molecule has 0 unspecified atom stereocenters. The first kappa shape index (κ1) is 19.8. The summed E-state index contributed by atoms with van der Waals surface area (Å²) in [6, 6.07) is 10.5. The van der Waals surface area contributed by atoms with E-state index in [1.165, 1.54) is 0 Å². The molecule has 2 rings (SSSR count). The highest BCUT2D eigenvalue weighted by molar-refractivity contribution is 5.87. The number of carboxylic acid groups (broad SMARTS) is 1. The molecule has 2 aromatic carbocycles. The number of aromatic carboxylic acids is 1. The first-order valence-corrected chi connectivity index (χ1v) is 8.72. The van der Waals surface area contributed by atoms with Gasteiger partial charge in [0.15, 0.2) is 11.5 Å². The van der Waals surface area contributed by atoms with E-state index in [0.717, 1.165) is 16.7 Å². The predicted molar refractivity (Wildman–Crippen MR) is 103 cm³/mol. The normalized spacial score (nSPS) is 12.1. The minimum atomic E-state index is -0.956. The van der Waals surface area contributed by atoms with Crippen molar-refractivity contribution in [3.8, 4) is 11.5 Å². The van der Waals surface area contributed by atoms with E-state index < -0.39 is 5.97 Å². The van der Waals surface area contributed by atoms with Crippen molar-refractivity contribution >= 4 is 5.97 Å². The van der Waals surface area contributed by atoms with Crippen LogP contribution in [0.25, 0.3) is 0 Å². The van der Waals surface area contributed by atoms with Crippen molar-refractivity contribution < 1.29 is 19.7 Å². The quantitative estimate of drug-likeness (QED) is 0.784. The van der Waals surface area contributed by atoms with E-state index in [-0.39, 0.29) is 28.7 Å². The third-order valence-corrected chi connectivity index (χ3v) is 4.34. The molecular formula is C22H28O4. The van der Waals surface area contributed by atoms with Gasteiger partial charge in [-0.05, 0) is 40.2 Å². The van der Waals surface area contributed by atoms with Crippen LogP contribution in [0.3, 0.4) is 0 Å². The number of rotatable bonds is 4. The maximum atomic E-state index is 10.9. The lowest BCUT2D eigenvalue weighted by atomic mass is 9.80. The van der Waals surface area contributed by atoms with Gasteiger partial charge in [-0.25, -0.2) is 4.79 Å². The van der Waals surface area contributed by atoms with Crippen LogP contribution in [-0.2, 0) is 17.4 Å². The van der Waals surface area contributed by atoms with Crippen LogP contribution >= 0.6 is 0 Å². The maximum absolute atomic E-state index is 10.9. The van der Waals surface area contributed by atoms with E-state index in [2.05, 4.69) is 41.5 Å². The van der Waals surface area contributed by atoms with E-state index in [4.69, 9.17) is 9.84 Å². The summed E-state index contributed by atoms with van der Waals surface area (Å²) in [5.41, 5.74) is 2.73. The Bertz CT molecular complexity index is 791. The van der Waals surface area contributed by atoms with E-state index in [1.807, 2.05) is 12.1 Å². The molecule has 0 aliphatic carbocycles. The molecule has 2 aromatic rings. The van der Waals surface area contributed by atoms with Gasteiger partial charge >= 0.3 is 5.97 Å². The molecule has 0 aliphatic rings. The Morgan fingerprint density at radius 3 is 2.00 bits per heavy atom. The molecule has 0 aliphatic heterocycles. The zero-order valence-corrected chi connectivity index (χ0v) is 16.4. The molecule has 0 saturated heterocycles. The maximum Gasteiger partial charge on any atom is 0.335 e. The van der Waals surface area contributed by atoms with Gasteiger partial charge in [-0.15, -0.1) is 0 Å². The minimum Gasteiger partial charge on any atom is -0.504 e. The fourth-order valence-corrected chi connectivity index (χ4v) is 2.63. The molecule has 4 nitrogen and oxygen atoms in total. The molecule has 0 radical (unpaired) electrons. The Labute approximate surface area is 155 Å². The number of carboxylic acids is 1. The molecule has 2 N–H and O–H groups in total. The summed E-state index contributed by atoms with van der Waals surface area (Å²) in [6.45, 7) is 12.8. The van der Waals surface area contributed by atoms with Gasteiger partial charge in [-0.3, -0.25) is 0 Å². The van der Waals surface area contributed by atoms with E-state index in [1.54, 1.807) is 24.3 Å². The SMILES string of the molecule is CC(C)(C)c1cc(OCc2ccc(C(=O)O)cc2)c(O)c(C(C)(C)C)c1. The van der Waals surface area contributed by atoms with Crippen molar-refractivity contribution in [3.63, 3.8) is 0 Å². The molecule has 0 fully saturated rings. The molecule has 0 amide bonds. The topological polar surface area (TPSA) is 66.8 Å². The Hall–Kier alpha value is -2.49. The molecule has 4 heteroatoms. The van der Waals surface area contributed by atoms with Gasteiger partial charge in [0.05, 0.1) is 5.56 Å². The van der Waals surface area contributed by atoms with Crippen LogP contribution in [0.15, 0.2) is 36.4 Å². The Kier molecular flexibility index (Phi) is 5.36. The summed E-state index contributed by atoms with van der Waals surface area (Å²) in [5.74, 6) is -0.347. The van der Waals surface area contributed by atoms with Gasteiger partial charge in [-0.2, -0.15) is 0 Å². The Morgan fingerprint density at radius 1 is 0.962 bits per heavy atom. The highest BCUT2D eigenvalue weighted by atomic mass is 16.5. The van der Waals surface area contributed by atoms with Gasteiger partial charge in [0.2, 0.25) is 0 Å². The fraction of sp³-hybridized carbons (Fsp3) is 0.409. The highest BCUT2D eigenvalue weighted by Gasteiger charge is 2.25. The first-order chi connectivity index (χ1) is 11.9. The van der Waals surface area contributed by atoms with Crippen LogP contribution in [0, 0.1) is 0 Å². The first-order valence-electron chi connectivity index (χ1n) is 8.72. The molecule has 0 saturated carbocycles. The molecule has 0 spiro atoms. The average molecular weight is 356 g/mol. The van der Waals surface area contributed by atoms with Crippen molar-refractivity contribution in [2.24, 2.45) is 0 Å². The summed E-state index contributed by atoms with van der Waals surface area (Å²) in [5, 5.41) is 19.7. The van der Waals surface area contributed by atoms with Crippen LogP contribution < -0.4 is 4.74 Å². The van der Waals surface area contributed by atoms with Gasteiger partial charge in [-0.1, -0.05) is 59.7 Å². The molecule has 0 atom stereocenters. The zero-order valence-electron chi connectivity index (χ0n) is 16.4. The summed E-state index contributed by atoms with van der Waals surface area (Å²) in [4.78, 5) is 10.9. The number of hydrogen-bond donors (Lipinski definition) is 2. The number of phenolic OH excluding ortho intramolecular Hbond substituents is 1. The molecular weight excluding hydrogens is 328 g/mol. The number of ether oxygens (including phenoxy) is 1. The average Bonchev–Trinajstić information content (AvgIpc) is 2.52. The van der Waals surface area contributed by atoms with Crippen LogP contribution in [0.5, 0.6) is 11.5 Å². The summed E-state index contributed by atoms with van der Waals surface area (Å²) in [6.07, 6.45) is 0. The molecule has 0 heterocycles. The number of hydrogen-bond acceptors (Lipinski definition) is 3. The van der Waals surface area contributed by atoms with Crippen molar-refractivity contribution in [2.45, 2.75) is 59.0 Å². The Balaban J connectivity index is 2.34.